The highest BCUT2D eigenvalue weighted by atomic mass is 127. The normalized spacial score (nSPS) is 13.8. The summed E-state index contributed by atoms with van der Waals surface area (Å²) < 4.78 is 104. The molecule has 1 aromatic carbocycles. The molecule has 1 rings (SSSR count). The van der Waals surface area contributed by atoms with Gasteiger partial charge in [-0.1, -0.05) is 0 Å². The predicted octanol–water partition coefficient (Wildman–Crippen LogP) is 3.39. The molecule has 0 aliphatic carbocycles. The third-order valence-corrected chi connectivity index (χ3v) is 4.97. The van der Waals surface area contributed by atoms with Crippen molar-refractivity contribution in [3.63, 3.8) is 0 Å². The number of hydrogen-bond acceptors (Lipinski definition) is 6. The molecule has 7 nitrogen and oxygen atoms in total. The van der Waals surface area contributed by atoms with Gasteiger partial charge in [0.25, 0.3) is 6.10 Å². The van der Waals surface area contributed by atoms with E-state index in [4.69, 9.17) is 4.55 Å². The number of hydrogen-bond donors (Lipinski definition) is 1. The molecular formula is C12H7F5I2O7S. The molecule has 1 aromatic rings. The van der Waals surface area contributed by atoms with Gasteiger partial charge < -0.3 is 9.47 Å². The van der Waals surface area contributed by atoms with Crippen LogP contribution in [0, 0.1) is 7.14 Å². The number of carbonyl (C=O) groups is 2. The minimum atomic E-state index is -6.58. The number of rotatable bonds is 5. The maximum Gasteiger partial charge on any atom is 0.432 e. The lowest BCUT2D eigenvalue weighted by molar-refractivity contribution is -0.248. The number of esters is 2. The van der Waals surface area contributed by atoms with E-state index < -0.39 is 50.9 Å². The smallest absolute Gasteiger partial charge is 0.432 e. The number of ether oxygens (including phenoxy) is 2. The van der Waals surface area contributed by atoms with Gasteiger partial charge in [-0.05, 0) is 57.3 Å². The molecule has 0 heterocycles. The Hall–Kier alpha value is -0.820. The summed E-state index contributed by atoms with van der Waals surface area (Å²) in [7, 11) is -6.58. The van der Waals surface area contributed by atoms with Crippen molar-refractivity contribution in [1.29, 1.82) is 0 Å². The standard InChI is InChI=1S/C12H7F5I2O7S/c1-4(20)25-8-6(2-5(18)3-7(8)19)9(21)26-10(11(13,14)15)12(16,17)27(22,23)24/h2-3,10H,1H3,(H,22,23,24). The third-order valence-electron chi connectivity index (χ3n) is 2.65. The fourth-order valence-electron chi connectivity index (χ4n) is 1.59. The summed E-state index contributed by atoms with van der Waals surface area (Å²) in [4.78, 5) is 23.2. The second-order valence-electron chi connectivity index (χ2n) is 4.72. The largest absolute Gasteiger partial charge is 0.441 e. The van der Waals surface area contributed by atoms with Crippen LogP contribution in [0.15, 0.2) is 12.1 Å². The molecule has 15 heteroatoms. The zero-order valence-electron chi connectivity index (χ0n) is 12.7. The molecule has 1 atom stereocenters. The lowest BCUT2D eigenvalue weighted by atomic mass is 10.2. The first kappa shape index (κ1) is 24.2. The van der Waals surface area contributed by atoms with E-state index in [0.29, 0.717) is 0 Å². The van der Waals surface area contributed by atoms with E-state index in [1.807, 2.05) is 0 Å². The zero-order valence-corrected chi connectivity index (χ0v) is 17.8. The van der Waals surface area contributed by atoms with E-state index in [9.17, 15) is 40.0 Å². The number of halogens is 7. The minimum Gasteiger partial charge on any atom is -0.441 e. The summed E-state index contributed by atoms with van der Waals surface area (Å²) in [5.74, 6) is -3.59. The van der Waals surface area contributed by atoms with Crippen LogP contribution in [-0.2, 0) is 19.6 Å². The molecule has 0 bridgehead atoms. The molecule has 27 heavy (non-hydrogen) atoms. The van der Waals surface area contributed by atoms with Gasteiger partial charge in [0.1, 0.15) is 5.56 Å². The Morgan fingerprint density at radius 2 is 1.67 bits per heavy atom. The van der Waals surface area contributed by atoms with Gasteiger partial charge in [0.05, 0.1) is 3.57 Å². The molecule has 1 unspecified atom stereocenters. The van der Waals surface area contributed by atoms with E-state index in [1.165, 1.54) is 6.07 Å². The van der Waals surface area contributed by atoms with E-state index >= 15 is 0 Å². The molecule has 0 spiro atoms. The summed E-state index contributed by atoms with van der Waals surface area (Å²) in [6.07, 6.45) is -10.6. The molecule has 0 amide bonds. The van der Waals surface area contributed by atoms with Gasteiger partial charge in [-0.15, -0.1) is 0 Å². The quantitative estimate of drug-likeness (QED) is 0.172. The van der Waals surface area contributed by atoms with Crippen molar-refractivity contribution in [2.75, 3.05) is 0 Å². The second-order valence-corrected chi connectivity index (χ2v) is 8.62. The highest BCUT2D eigenvalue weighted by Gasteiger charge is 2.66. The zero-order chi connectivity index (χ0) is 21.4. The monoisotopic (exact) mass is 644 g/mol. The van der Waals surface area contributed by atoms with Gasteiger partial charge in [-0.2, -0.15) is 30.4 Å². The molecular weight excluding hydrogens is 637 g/mol. The van der Waals surface area contributed by atoms with E-state index in [0.717, 1.165) is 13.0 Å². The second kappa shape index (κ2) is 8.27. The van der Waals surface area contributed by atoms with E-state index in [1.54, 1.807) is 45.2 Å². The lowest BCUT2D eigenvalue weighted by Gasteiger charge is -2.26. The summed E-state index contributed by atoms with van der Waals surface area (Å²) in [5, 5.41) is -5.88. The Balaban J connectivity index is 3.46. The van der Waals surface area contributed by atoms with Crippen LogP contribution < -0.4 is 4.74 Å². The van der Waals surface area contributed by atoms with Crippen LogP contribution in [-0.4, -0.2) is 42.4 Å². The van der Waals surface area contributed by atoms with Crippen LogP contribution in [0.5, 0.6) is 5.75 Å². The molecule has 0 fully saturated rings. The van der Waals surface area contributed by atoms with Gasteiger partial charge >= 0.3 is 33.5 Å². The molecule has 0 radical (unpaired) electrons. The third kappa shape index (κ3) is 5.83. The van der Waals surface area contributed by atoms with Gasteiger partial charge in [0, 0.05) is 10.5 Å². The van der Waals surface area contributed by atoms with Gasteiger partial charge in [-0.25, -0.2) is 4.79 Å². The van der Waals surface area contributed by atoms with Crippen LogP contribution in [0.3, 0.4) is 0 Å². The van der Waals surface area contributed by atoms with Crippen LogP contribution in [0.2, 0.25) is 0 Å². The fourth-order valence-corrected chi connectivity index (χ4v) is 4.00. The highest BCUT2D eigenvalue weighted by molar-refractivity contribution is 14.1. The molecule has 152 valence electrons. The molecule has 0 aliphatic heterocycles. The number of benzene rings is 1. The first-order valence-corrected chi connectivity index (χ1v) is 9.88. The predicted molar refractivity (Wildman–Crippen MR) is 94.9 cm³/mol. The van der Waals surface area contributed by atoms with Crippen molar-refractivity contribution in [3.05, 3.63) is 24.8 Å². The average molecular weight is 644 g/mol. The van der Waals surface area contributed by atoms with E-state index in [-0.39, 0.29) is 7.14 Å². The van der Waals surface area contributed by atoms with Crippen LogP contribution in [0.25, 0.3) is 0 Å². The van der Waals surface area contributed by atoms with Crippen LogP contribution in [0.1, 0.15) is 17.3 Å². The van der Waals surface area contributed by atoms with Crippen molar-refractivity contribution in [2.45, 2.75) is 24.5 Å². The number of alkyl halides is 5. The Bertz CT molecular complexity index is 870. The number of carbonyl (C=O) groups excluding carboxylic acids is 2. The Morgan fingerprint density at radius 1 is 1.15 bits per heavy atom. The van der Waals surface area contributed by atoms with Crippen LogP contribution in [0.4, 0.5) is 22.0 Å². The summed E-state index contributed by atoms with van der Waals surface area (Å²) in [6, 6.07) is 2.23. The van der Waals surface area contributed by atoms with Gasteiger partial charge in [-0.3, -0.25) is 9.35 Å². The minimum absolute atomic E-state index is 0.0618. The van der Waals surface area contributed by atoms with E-state index in [2.05, 4.69) is 9.47 Å². The van der Waals surface area contributed by atoms with Crippen molar-refractivity contribution in [2.24, 2.45) is 0 Å². The van der Waals surface area contributed by atoms with Crippen molar-refractivity contribution in [1.82, 2.24) is 0 Å². The Morgan fingerprint density at radius 3 is 2.07 bits per heavy atom. The van der Waals surface area contributed by atoms with Gasteiger partial charge in [0.2, 0.25) is 0 Å². The molecule has 0 aromatic heterocycles. The van der Waals surface area contributed by atoms with Crippen molar-refractivity contribution in [3.8, 4) is 5.75 Å². The Labute approximate surface area is 175 Å². The summed E-state index contributed by atoms with van der Waals surface area (Å²) in [6.45, 7) is 0.911. The maximum atomic E-state index is 13.5. The lowest BCUT2D eigenvalue weighted by Crippen LogP contribution is -2.52. The van der Waals surface area contributed by atoms with Gasteiger partial charge in [0.15, 0.2) is 5.75 Å². The first-order chi connectivity index (χ1) is 12.0. The highest BCUT2D eigenvalue weighted by Crippen LogP contribution is 2.39. The maximum absolute atomic E-state index is 13.5. The fraction of sp³-hybridized carbons (Fsp3) is 0.333. The Kier molecular flexibility index (Phi) is 7.42. The summed E-state index contributed by atoms with van der Waals surface area (Å²) in [5.41, 5.74) is -0.832. The first-order valence-electron chi connectivity index (χ1n) is 6.28. The SMILES string of the molecule is CC(=O)Oc1c(I)cc(I)cc1C(=O)OC(C(F)(F)F)C(F)(F)S(=O)(=O)O. The van der Waals surface area contributed by atoms with Crippen molar-refractivity contribution >= 4 is 67.2 Å². The average Bonchev–Trinajstić information content (AvgIpc) is 2.44. The topological polar surface area (TPSA) is 107 Å². The molecule has 0 saturated heterocycles. The summed E-state index contributed by atoms with van der Waals surface area (Å²) >= 11 is 3.20. The molecule has 1 N–H and O–H groups in total. The molecule has 0 aliphatic rings. The van der Waals surface area contributed by atoms with Crippen LogP contribution >= 0.6 is 45.2 Å². The molecule has 0 saturated carbocycles. The van der Waals surface area contributed by atoms with Crippen molar-refractivity contribution < 1.29 is 54.0 Å².